The van der Waals surface area contributed by atoms with Crippen LogP contribution < -0.4 is 4.89 Å². The van der Waals surface area contributed by atoms with Crippen LogP contribution in [-0.2, 0) is 24.3 Å². The fourth-order valence-corrected chi connectivity index (χ4v) is 2.39. The van der Waals surface area contributed by atoms with Crippen LogP contribution in [0.3, 0.4) is 0 Å². The lowest BCUT2D eigenvalue weighted by atomic mass is 10.3. The Bertz CT molecular complexity index is 260. The number of hydrogen-bond donors (Lipinski definition) is 1. The molecular weight excluding hydrogens is 222 g/mol. The van der Waals surface area contributed by atoms with E-state index in [2.05, 4.69) is 0 Å². The van der Waals surface area contributed by atoms with Crippen molar-refractivity contribution in [1.29, 1.82) is 0 Å². The second kappa shape index (κ2) is 6.39. The van der Waals surface area contributed by atoms with Gasteiger partial charge in [-0.15, -0.1) is 0 Å². The van der Waals surface area contributed by atoms with Crippen LogP contribution in [0.2, 0.25) is 0 Å². The van der Waals surface area contributed by atoms with Gasteiger partial charge in [-0.25, -0.2) is 8.42 Å². The van der Waals surface area contributed by atoms with E-state index in [-0.39, 0.29) is 18.5 Å². The van der Waals surface area contributed by atoms with Crippen molar-refractivity contribution in [2.24, 2.45) is 0 Å². The molecule has 0 radical (unpaired) electrons. The van der Waals surface area contributed by atoms with Gasteiger partial charge in [-0.3, -0.25) is 4.84 Å². The highest BCUT2D eigenvalue weighted by molar-refractivity contribution is 7.89. The summed E-state index contributed by atoms with van der Waals surface area (Å²) in [4.78, 5) is 6.76. The summed E-state index contributed by atoms with van der Waals surface area (Å²) < 4.78 is 32.7. The van der Waals surface area contributed by atoms with Crippen LogP contribution in [0.1, 0.15) is 12.8 Å². The fraction of sp³-hybridized carbons (Fsp3) is 1.00. The van der Waals surface area contributed by atoms with E-state index in [0.29, 0.717) is 13.2 Å². The SMILES string of the molecule is COCCONS(=O)(=O)CC1CCCO1. The first-order valence-electron chi connectivity index (χ1n) is 4.86. The second-order valence-electron chi connectivity index (χ2n) is 3.34. The summed E-state index contributed by atoms with van der Waals surface area (Å²) >= 11 is 0. The Kier molecular flexibility index (Phi) is 5.48. The number of methoxy groups -OCH3 is 1. The average molecular weight is 239 g/mol. The topological polar surface area (TPSA) is 73.9 Å². The molecule has 0 saturated carbocycles. The van der Waals surface area contributed by atoms with Crippen molar-refractivity contribution in [2.45, 2.75) is 18.9 Å². The molecule has 6 nitrogen and oxygen atoms in total. The van der Waals surface area contributed by atoms with Crippen LogP contribution in [0.25, 0.3) is 0 Å². The quantitative estimate of drug-likeness (QED) is 0.486. The molecule has 0 aromatic rings. The predicted molar refractivity (Wildman–Crippen MR) is 53.7 cm³/mol. The van der Waals surface area contributed by atoms with Crippen molar-refractivity contribution in [3.63, 3.8) is 0 Å². The van der Waals surface area contributed by atoms with Gasteiger partial charge in [-0.2, -0.15) is 0 Å². The molecule has 0 bridgehead atoms. The van der Waals surface area contributed by atoms with Crippen LogP contribution >= 0.6 is 0 Å². The van der Waals surface area contributed by atoms with Gasteiger partial charge in [-0.1, -0.05) is 4.89 Å². The number of ether oxygens (including phenoxy) is 2. The van der Waals surface area contributed by atoms with Crippen molar-refractivity contribution in [3.05, 3.63) is 0 Å². The summed E-state index contributed by atoms with van der Waals surface area (Å²) in [5.74, 6) is -0.0417. The Morgan fingerprint density at radius 3 is 2.87 bits per heavy atom. The van der Waals surface area contributed by atoms with Gasteiger partial charge in [0.1, 0.15) is 0 Å². The molecule has 1 atom stereocenters. The fourth-order valence-electron chi connectivity index (χ4n) is 1.31. The predicted octanol–water partition coefficient (Wildman–Crippen LogP) is -0.337. The second-order valence-corrected chi connectivity index (χ2v) is 5.07. The Hall–Kier alpha value is -0.210. The number of nitrogens with one attached hydrogen (secondary N) is 1. The molecule has 1 heterocycles. The number of sulfonamides is 1. The Labute approximate surface area is 89.9 Å². The molecule has 1 saturated heterocycles. The van der Waals surface area contributed by atoms with Gasteiger partial charge < -0.3 is 9.47 Å². The van der Waals surface area contributed by atoms with Gasteiger partial charge in [0.2, 0.25) is 10.0 Å². The molecule has 90 valence electrons. The third-order valence-corrected chi connectivity index (χ3v) is 3.19. The van der Waals surface area contributed by atoms with E-state index in [0.717, 1.165) is 12.8 Å². The van der Waals surface area contributed by atoms with Gasteiger partial charge in [-0.05, 0) is 12.8 Å². The van der Waals surface area contributed by atoms with Gasteiger partial charge in [0.25, 0.3) is 0 Å². The summed E-state index contributed by atoms with van der Waals surface area (Å²) in [6.45, 7) is 1.19. The summed E-state index contributed by atoms with van der Waals surface area (Å²) in [5.41, 5.74) is 0. The lowest BCUT2D eigenvalue weighted by Crippen LogP contribution is -2.32. The Morgan fingerprint density at radius 1 is 1.47 bits per heavy atom. The van der Waals surface area contributed by atoms with E-state index in [4.69, 9.17) is 14.3 Å². The summed E-state index contributed by atoms with van der Waals surface area (Å²) in [6.07, 6.45) is 1.51. The Morgan fingerprint density at radius 2 is 2.27 bits per heavy atom. The molecule has 0 spiro atoms. The lowest BCUT2D eigenvalue weighted by Gasteiger charge is -2.10. The minimum absolute atomic E-state index is 0.0417. The lowest BCUT2D eigenvalue weighted by molar-refractivity contribution is 0.0429. The first-order valence-corrected chi connectivity index (χ1v) is 6.51. The molecule has 0 aromatic carbocycles. The zero-order chi connectivity index (χ0) is 11.1. The van der Waals surface area contributed by atoms with Crippen molar-refractivity contribution in [3.8, 4) is 0 Å². The van der Waals surface area contributed by atoms with Gasteiger partial charge in [0, 0.05) is 13.7 Å². The smallest absolute Gasteiger partial charge is 0.236 e. The third-order valence-electron chi connectivity index (χ3n) is 2.00. The molecule has 1 fully saturated rings. The highest BCUT2D eigenvalue weighted by Gasteiger charge is 2.23. The zero-order valence-corrected chi connectivity index (χ0v) is 9.59. The van der Waals surface area contributed by atoms with Gasteiger partial charge >= 0.3 is 0 Å². The van der Waals surface area contributed by atoms with Crippen molar-refractivity contribution in [1.82, 2.24) is 4.89 Å². The molecule has 1 aliphatic heterocycles. The molecule has 15 heavy (non-hydrogen) atoms. The van der Waals surface area contributed by atoms with E-state index in [9.17, 15) is 8.42 Å². The molecule has 0 aromatic heterocycles. The minimum Gasteiger partial charge on any atom is -0.382 e. The molecule has 1 aliphatic rings. The normalized spacial score (nSPS) is 22.1. The zero-order valence-electron chi connectivity index (χ0n) is 8.77. The maximum atomic E-state index is 11.4. The van der Waals surface area contributed by atoms with Crippen molar-refractivity contribution < 1.29 is 22.7 Å². The average Bonchev–Trinajstić information content (AvgIpc) is 2.64. The Balaban J connectivity index is 2.19. The monoisotopic (exact) mass is 239 g/mol. The summed E-state index contributed by atoms with van der Waals surface area (Å²) in [7, 11) is -1.88. The highest BCUT2D eigenvalue weighted by Crippen LogP contribution is 2.13. The maximum absolute atomic E-state index is 11.4. The molecule has 0 amide bonds. The third kappa shape index (κ3) is 5.43. The maximum Gasteiger partial charge on any atom is 0.236 e. The number of rotatable bonds is 7. The van der Waals surface area contributed by atoms with Crippen LogP contribution in [0, 0.1) is 0 Å². The molecule has 1 N–H and O–H groups in total. The van der Waals surface area contributed by atoms with Crippen LogP contribution in [0.5, 0.6) is 0 Å². The van der Waals surface area contributed by atoms with Gasteiger partial charge in [0.15, 0.2) is 0 Å². The van der Waals surface area contributed by atoms with E-state index in [1.807, 2.05) is 4.89 Å². The molecule has 1 rings (SSSR count). The van der Waals surface area contributed by atoms with Crippen LogP contribution in [0.4, 0.5) is 0 Å². The first-order chi connectivity index (χ1) is 7.14. The highest BCUT2D eigenvalue weighted by atomic mass is 32.2. The first kappa shape index (κ1) is 12.9. The van der Waals surface area contributed by atoms with Crippen molar-refractivity contribution in [2.75, 3.05) is 32.7 Å². The molecule has 1 unspecified atom stereocenters. The number of hydrogen-bond acceptors (Lipinski definition) is 5. The van der Waals surface area contributed by atoms with Crippen molar-refractivity contribution >= 4 is 10.0 Å². The van der Waals surface area contributed by atoms with E-state index in [1.165, 1.54) is 7.11 Å². The van der Waals surface area contributed by atoms with E-state index >= 15 is 0 Å². The summed E-state index contributed by atoms with van der Waals surface area (Å²) in [6, 6.07) is 0. The minimum atomic E-state index is -3.40. The van der Waals surface area contributed by atoms with Gasteiger partial charge in [0.05, 0.1) is 25.1 Å². The van der Waals surface area contributed by atoms with Crippen LogP contribution in [0.15, 0.2) is 0 Å². The molecular formula is C8H17NO5S. The molecule has 7 heteroatoms. The molecule has 0 aliphatic carbocycles. The van der Waals surface area contributed by atoms with E-state index in [1.54, 1.807) is 0 Å². The largest absolute Gasteiger partial charge is 0.382 e. The summed E-state index contributed by atoms with van der Waals surface area (Å²) in [5, 5.41) is 0. The van der Waals surface area contributed by atoms with E-state index < -0.39 is 10.0 Å². The standard InChI is InChI=1S/C8H17NO5S/c1-12-5-6-14-9-15(10,11)7-8-3-2-4-13-8/h8-9H,2-7H2,1H3. The van der Waals surface area contributed by atoms with Crippen LogP contribution in [-0.4, -0.2) is 47.2 Å².